The maximum absolute atomic E-state index is 11.6. The van der Waals surface area contributed by atoms with E-state index in [-0.39, 0.29) is 6.04 Å². The first-order chi connectivity index (χ1) is 11.7. The van der Waals surface area contributed by atoms with Crippen molar-refractivity contribution in [3.8, 4) is 0 Å². The number of allylic oxidation sites excluding steroid dienone is 2. The van der Waals surface area contributed by atoms with Gasteiger partial charge in [0.1, 0.15) is 6.04 Å². The highest BCUT2D eigenvalue weighted by Gasteiger charge is 2.30. The van der Waals surface area contributed by atoms with Crippen LogP contribution < -0.4 is 0 Å². The predicted molar refractivity (Wildman–Crippen MR) is 103 cm³/mol. The molecule has 3 rings (SSSR count). The van der Waals surface area contributed by atoms with Crippen LogP contribution in [0, 0.1) is 10.8 Å². The summed E-state index contributed by atoms with van der Waals surface area (Å²) in [6.07, 6.45) is 12.1. The summed E-state index contributed by atoms with van der Waals surface area (Å²) in [7, 11) is 2.04. The second-order valence-corrected chi connectivity index (χ2v) is 7.97. The summed E-state index contributed by atoms with van der Waals surface area (Å²) in [5, 5.41) is 3.51. The first-order valence-corrected chi connectivity index (χ1v) is 9.62. The van der Waals surface area contributed by atoms with E-state index < -0.39 is 0 Å². The van der Waals surface area contributed by atoms with Gasteiger partial charge >= 0.3 is 0 Å². The molecule has 1 heterocycles. The van der Waals surface area contributed by atoms with Crippen LogP contribution in [0.1, 0.15) is 43.6 Å². The van der Waals surface area contributed by atoms with Gasteiger partial charge in [-0.25, -0.2) is 0 Å². The molecular weight excluding hydrogens is 364 g/mol. The average molecular weight is 389 g/mol. The summed E-state index contributed by atoms with van der Waals surface area (Å²) in [5.74, 6) is 1.09. The number of nitroso groups, excluding NO2 is 1. The molecule has 0 N–H and O–H groups in total. The van der Waals surface area contributed by atoms with Gasteiger partial charge in [0.2, 0.25) is 0 Å². The summed E-state index contributed by atoms with van der Waals surface area (Å²) in [6, 6.07) is 8.40. The molecule has 24 heavy (non-hydrogen) atoms. The second kappa shape index (κ2) is 8.11. The Morgan fingerprint density at radius 3 is 2.58 bits per heavy atom. The lowest BCUT2D eigenvalue weighted by Crippen LogP contribution is -2.26. The molecule has 4 heteroatoms. The second-order valence-electron chi connectivity index (χ2n) is 7.06. The van der Waals surface area contributed by atoms with Crippen LogP contribution in [0.4, 0.5) is 0 Å². The molecule has 128 valence electrons. The number of likely N-dealkylation sites (N-methyl/N-ethyl adjacent to an activating group) is 1. The molecule has 1 saturated carbocycles. The Labute approximate surface area is 152 Å². The Bertz CT molecular complexity index is 617. The molecular formula is C20H25BrN2O. The van der Waals surface area contributed by atoms with E-state index in [9.17, 15) is 4.91 Å². The van der Waals surface area contributed by atoms with Gasteiger partial charge in [-0.15, -0.1) is 0 Å². The van der Waals surface area contributed by atoms with E-state index in [0.717, 1.165) is 23.0 Å². The third-order valence-electron chi connectivity index (χ3n) is 5.38. The van der Waals surface area contributed by atoms with E-state index in [2.05, 4.69) is 56.3 Å². The average Bonchev–Trinajstić information content (AvgIpc) is 3.11. The van der Waals surface area contributed by atoms with Crippen LogP contribution in [0.3, 0.4) is 0 Å². The zero-order chi connectivity index (χ0) is 16.9. The smallest absolute Gasteiger partial charge is 0.115 e. The number of benzene rings is 1. The molecule has 3 nitrogen and oxygen atoms in total. The lowest BCUT2D eigenvalue weighted by Gasteiger charge is -2.29. The maximum atomic E-state index is 11.6. The van der Waals surface area contributed by atoms with Crippen molar-refractivity contribution in [3.05, 3.63) is 63.1 Å². The molecule has 0 aromatic heterocycles. The molecule has 2 atom stereocenters. The minimum absolute atomic E-state index is 0.230. The first-order valence-electron chi connectivity index (χ1n) is 8.83. The fraction of sp³-hybridized carbons (Fsp3) is 0.500. The summed E-state index contributed by atoms with van der Waals surface area (Å²) in [5.41, 5.74) is 2.48. The number of nitrogens with zero attached hydrogens (tertiary/aromatic N) is 2. The summed E-state index contributed by atoms with van der Waals surface area (Å²) >= 11 is 3.52. The van der Waals surface area contributed by atoms with Crippen LogP contribution >= 0.6 is 15.9 Å². The Morgan fingerprint density at radius 2 is 1.96 bits per heavy atom. The molecule has 1 aromatic rings. The largest absolute Gasteiger partial charge is 0.376 e. The number of hydrogen-bond donors (Lipinski definition) is 0. The van der Waals surface area contributed by atoms with Gasteiger partial charge in [-0.05, 0) is 66.6 Å². The van der Waals surface area contributed by atoms with E-state index in [1.165, 1.54) is 31.2 Å². The van der Waals surface area contributed by atoms with Crippen LogP contribution in [-0.4, -0.2) is 24.5 Å². The van der Waals surface area contributed by atoms with Crippen molar-refractivity contribution in [3.63, 3.8) is 0 Å². The van der Waals surface area contributed by atoms with Gasteiger partial charge in [-0.2, -0.15) is 4.91 Å². The SMILES string of the molecule is CN1C=CC=C(C(CC(c2ccc(Br)cc2)C2CCCC2)N=O)C1. The Kier molecular flexibility index (Phi) is 5.88. The fourth-order valence-corrected chi connectivity index (χ4v) is 4.36. The van der Waals surface area contributed by atoms with Crippen molar-refractivity contribution in [1.29, 1.82) is 0 Å². The first kappa shape index (κ1) is 17.4. The molecule has 1 aliphatic heterocycles. The molecule has 1 fully saturated rings. The lowest BCUT2D eigenvalue weighted by atomic mass is 9.79. The minimum Gasteiger partial charge on any atom is -0.376 e. The number of hydrogen-bond acceptors (Lipinski definition) is 3. The molecule has 0 bridgehead atoms. The number of halogens is 1. The van der Waals surface area contributed by atoms with Crippen LogP contribution in [0.25, 0.3) is 0 Å². The van der Waals surface area contributed by atoms with Gasteiger partial charge in [0, 0.05) is 18.1 Å². The monoisotopic (exact) mass is 388 g/mol. The third-order valence-corrected chi connectivity index (χ3v) is 5.91. The molecule has 2 unspecified atom stereocenters. The van der Waals surface area contributed by atoms with Crippen molar-refractivity contribution in [2.45, 2.75) is 44.1 Å². The molecule has 2 aliphatic rings. The predicted octanol–water partition coefficient (Wildman–Crippen LogP) is 5.63. The standard InChI is InChI=1S/C20H25BrN2O/c1-23-12-4-7-17(14-23)20(22-24)13-19(15-5-2-3-6-15)16-8-10-18(21)11-9-16/h4,7-12,15,19-20H,2-3,5-6,13-14H2,1H3. The molecule has 1 aliphatic carbocycles. The topological polar surface area (TPSA) is 32.7 Å². The summed E-state index contributed by atoms with van der Waals surface area (Å²) in [6.45, 7) is 0.796. The van der Waals surface area contributed by atoms with Crippen LogP contribution in [-0.2, 0) is 0 Å². The molecule has 1 aromatic carbocycles. The van der Waals surface area contributed by atoms with Crippen molar-refractivity contribution < 1.29 is 0 Å². The fourth-order valence-electron chi connectivity index (χ4n) is 4.10. The third kappa shape index (κ3) is 4.15. The Morgan fingerprint density at radius 1 is 1.25 bits per heavy atom. The highest BCUT2D eigenvalue weighted by atomic mass is 79.9. The van der Waals surface area contributed by atoms with Gasteiger partial charge in [-0.3, -0.25) is 0 Å². The van der Waals surface area contributed by atoms with E-state index in [1.54, 1.807) is 0 Å². The van der Waals surface area contributed by atoms with Gasteiger partial charge in [0.25, 0.3) is 0 Å². The zero-order valence-electron chi connectivity index (χ0n) is 14.2. The summed E-state index contributed by atoms with van der Waals surface area (Å²) < 4.78 is 1.10. The van der Waals surface area contributed by atoms with E-state index in [0.29, 0.717) is 11.8 Å². The van der Waals surface area contributed by atoms with E-state index in [1.807, 2.05) is 19.3 Å². The molecule has 0 saturated heterocycles. The van der Waals surface area contributed by atoms with Crippen molar-refractivity contribution in [2.75, 3.05) is 13.6 Å². The van der Waals surface area contributed by atoms with Gasteiger partial charge in [0.05, 0.1) is 0 Å². The molecule has 0 spiro atoms. The van der Waals surface area contributed by atoms with Gasteiger partial charge in [-0.1, -0.05) is 52.2 Å². The maximum Gasteiger partial charge on any atom is 0.115 e. The van der Waals surface area contributed by atoms with E-state index >= 15 is 0 Å². The Balaban J connectivity index is 1.82. The van der Waals surface area contributed by atoms with Crippen LogP contribution in [0.2, 0.25) is 0 Å². The Hall–Kier alpha value is -1.42. The lowest BCUT2D eigenvalue weighted by molar-refractivity contribution is 0.384. The van der Waals surface area contributed by atoms with Crippen LogP contribution in [0.15, 0.2) is 57.8 Å². The normalized spacial score (nSPS) is 20.8. The van der Waals surface area contributed by atoms with Gasteiger partial charge in [0.15, 0.2) is 0 Å². The minimum atomic E-state index is -0.230. The van der Waals surface area contributed by atoms with Gasteiger partial charge < -0.3 is 4.90 Å². The van der Waals surface area contributed by atoms with Crippen molar-refractivity contribution >= 4 is 15.9 Å². The van der Waals surface area contributed by atoms with Crippen molar-refractivity contribution in [1.82, 2.24) is 4.90 Å². The van der Waals surface area contributed by atoms with Crippen molar-refractivity contribution in [2.24, 2.45) is 11.1 Å². The molecule has 0 amide bonds. The quantitative estimate of drug-likeness (QED) is 0.591. The summed E-state index contributed by atoms with van der Waals surface area (Å²) in [4.78, 5) is 13.7. The van der Waals surface area contributed by atoms with Crippen LogP contribution in [0.5, 0.6) is 0 Å². The highest BCUT2D eigenvalue weighted by molar-refractivity contribution is 9.10. The number of rotatable bonds is 6. The highest BCUT2D eigenvalue weighted by Crippen LogP contribution is 2.41. The zero-order valence-corrected chi connectivity index (χ0v) is 15.8. The molecule has 0 radical (unpaired) electrons. The van der Waals surface area contributed by atoms with E-state index in [4.69, 9.17) is 0 Å².